The van der Waals surface area contributed by atoms with Gasteiger partial charge in [-0.25, -0.2) is 0 Å². The number of rotatable bonds is 4. The van der Waals surface area contributed by atoms with Gasteiger partial charge >= 0.3 is 0 Å². The molecule has 0 aromatic carbocycles. The minimum absolute atomic E-state index is 0.0621. The van der Waals surface area contributed by atoms with Crippen LogP contribution in [0.2, 0.25) is 0 Å². The predicted octanol–water partition coefficient (Wildman–Crippen LogP) is -0.150. The maximum atomic E-state index is 11.4. The Bertz CT molecular complexity index is 405. The number of likely N-dealkylation sites (N-methyl/N-ethyl adjacent to an activating group) is 1. The fourth-order valence-corrected chi connectivity index (χ4v) is 2.24. The first-order valence-corrected chi connectivity index (χ1v) is 6.17. The van der Waals surface area contributed by atoms with E-state index in [1.165, 1.54) is 12.8 Å². The molecular weight excluding hydrogens is 232 g/mol. The largest absolute Gasteiger partial charge is 0.375 e. The number of carbonyl (C=O) groups is 1. The van der Waals surface area contributed by atoms with Gasteiger partial charge in [-0.3, -0.25) is 14.4 Å². The smallest absolute Gasteiger partial charge is 0.246 e. The maximum Gasteiger partial charge on any atom is 0.246 e. The predicted molar refractivity (Wildman–Crippen MR) is 67.0 cm³/mol. The summed E-state index contributed by atoms with van der Waals surface area (Å²) in [6, 6.07) is 2.38. The Morgan fingerprint density at radius 1 is 1.67 bits per heavy atom. The fraction of sp³-hybridized carbons (Fsp3) is 0.667. The second-order valence-corrected chi connectivity index (χ2v) is 4.64. The molecule has 1 aromatic heterocycles. The van der Waals surface area contributed by atoms with Crippen molar-refractivity contribution in [1.82, 2.24) is 20.0 Å². The number of aromatic nitrogens is 2. The molecule has 1 N–H and O–H groups in total. The molecule has 0 saturated carbocycles. The summed E-state index contributed by atoms with van der Waals surface area (Å²) in [5, 5.41) is 7.19. The molecule has 1 unspecified atom stereocenters. The molecule has 100 valence electrons. The van der Waals surface area contributed by atoms with Crippen LogP contribution in [0.15, 0.2) is 12.3 Å². The van der Waals surface area contributed by atoms with Crippen LogP contribution in [0.25, 0.3) is 0 Å². The minimum atomic E-state index is -0.0621. The first-order valence-electron chi connectivity index (χ1n) is 6.17. The first-order chi connectivity index (χ1) is 8.70. The molecule has 1 amide bonds. The molecule has 0 radical (unpaired) electrons. The molecule has 0 bridgehead atoms. The van der Waals surface area contributed by atoms with Crippen molar-refractivity contribution in [3.63, 3.8) is 0 Å². The molecule has 2 heterocycles. The van der Waals surface area contributed by atoms with Gasteiger partial charge in [0.2, 0.25) is 5.91 Å². The van der Waals surface area contributed by atoms with Crippen LogP contribution in [0.4, 0.5) is 0 Å². The van der Waals surface area contributed by atoms with Gasteiger partial charge in [0.25, 0.3) is 0 Å². The third kappa shape index (κ3) is 3.08. The lowest BCUT2D eigenvalue weighted by atomic mass is 10.2. The highest BCUT2D eigenvalue weighted by molar-refractivity contribution is 5.77. The number of ether oxygens (including phenoxy) is 1. The van der Waals surface area contributed by atoms with Crippen molar-refractivity contribution in [2.24, 2.45) is 0 Å². The molecule has 18 heavy (non-hydrogen) atoms. The summed E-state index contributed by atoms with van der Waals surface area (Å²) in [5.41, 5.74) is 1.23. The van der Waals surface area contributed by atoms with Crippen LogP contribution in [-0.4, -0.2) is 53.9 Å². The van der Waals surface area contributed by atoms with Crippen LogP contribution >= 0.6 is 0 Å². The van der Waals surface area contributed by atoms with Gasteiger partial charge in [-0.05, 0) is 19.5 Å². The van der Waals surface area contributed by atoms with Gasteiger partial charge in [0.05, 0.1) is 5.69 Å². The Labute approximate surface area is 107 Å². The Kier molecular flexibility index (Phi) is 4.33. The van der Waals surface area contributed by atoms with Crippen LogP contribution in [-0.2, 0) is 22.6 Å². The van der Waals surface area contributed by atoms with E-state index in [1.807, 2.05) is 16.9 Å². The maximum absolute atomic E-state index is 11.4. The van der Waals surface area contributed by atoms with E-state index in [0.29, 0.717) is 12.6 Å². The van der Waals surface area contributed by atoms with Gasteiger partial charge in [0, 0.05) is 39.0 Å². The minimum Gasteiger partial charge on any atom is -0.375 e. The lowest BCUT2D eigenvalue weighted by molar-refractivity contribution is -0.124. The number of aryl methyl sites for hydroxylation is 1. The molecule has 1 aliphatic heterocycles. The second-order valence-electron chi connectivity index (χ2n) is 4.64. The van der Waals surface area contributed by atoms with Crippen molar-refractivity contribution in [2.45, 2.75) is 25.6 Å². The number of fused-ring (bicyclic) bond motifs is 1. The van der Waals surface area contributed by atoms with E-state index in [9.17, 15) is 4.79 Å². The molecule has 0 spiro atoms. The zero-order valence-electron chi connectivity index (χ0n) is 10.9. The highest BCUT2D eigenvalue weighted by Gasteiger charge is 2.21. The number of amides is 1. The van der Waals surface area contributed by atoms with Crippen molar-refractivity contribution in [1.29, 1.82) is 0 Å². The van der Waals surface area contributed by atoms with Gasteiger partial charge in [-0.15, -0.1) is 0 Å². The molecule has 1 aromatic rings. The fourth-order valence-electron chi connectivity index (χ4n) is 2.24. The van der Waals surface area contributed by atoms with E-state index in [-0.39, 0.29) is 12.5 Å². The Balaban J connectivity index is 1.87. The molecule has 6 heteroatoms. The summed E-state index contributed by atoms with van der Waals surface area (Å²) in [6.07, 6.45) is 2.82. The van der Waals surface area contributed by atoms with E-state index >= 15 is 0 Å². The summed E-state index contributed by atoms with van der Waals surface area (Å²) < 4.78 is 6.83. The van der Waals surface area contributed by atoms with E-state index in [4.69, 9.17) is 4.74 Å². The van der Waals surface area contributed by atoms with Crippen LogP contribution in [0.1, 0.15) is 12.1 Å². The number of nitrogens with one attached hydrogen (secondary N) is 1. The Morgan fingerprint density at radius 2 is 2.50 bits per heavy atom. The molecule has 1 aliphatic rings. The SMILES string of the molecule is COCC(=O)NCC1CCn2nccc2CN1C. The third-order valence-corrected chi connectivity index (χ3v) is 3.32. The standard InChI is InChI=1S/C12H20N4O2/c1-15-8-11-3-5-14-16(11)6-4-10(15)7-13-12(17)9-18-2/h3,5,10H,4,6-9H2,1-2H3,(H,13,17). The Morgan fingerprint density at radius 3 is 3.28 bits per heavy atom. The number of methoxy groups -OCH3 is 1. The van der Waals surface area contributed by atoms with Crippen molar-refractivity contribution >= 4 is 5.91 Å². The number of carbonyl (C=O) groups excluding carboxylic acids is 1. The van der Waals surface area contributed by atoms with E-state index in [1.54, 1.807) is 0 Å². The Hall–Kier alpha value is -1.40. The third-order valence-electron chi connectivity index (χ3n) is 3.32. The van der Waals surface area contributed by atoms with E-state index in [2.05, 4.69) is 22.4 Å². The quantitative estimate of drug-likeness (QED) is 0.809. The normalized spacial score (nSPS) is 20.2. The molecule has 2 rings (SSSR count). The number of hydrogen-bond acceptors (Lipinski definition) is 4. The van der Waals surface area contributed by atoms with Gasteiger partial charge in [-0.2, -0.15) is 5.10 Å². The van der Waals surface area contributed by atoms with Crippen molar-refractivity contribution < 1.29 is 9.53 Å². The van der Waals surface area contributed by atoms with Gasteiger partial charge in [0.15, 0.2) is 0 Å². The summed E-state index contributed by atoms with van der Waals surface area (Å²) in [5.74, 6) is -0.0621. The summed E-state index contributed by atoms with van der Waals surface area (Å²) in [6.45, 7) is 2.55. The molecule has 1 atom stereocenters. The summed E-state index contributed by atoms with van der Waals surface area (Å²) in [4.78, 5) is 13.6. The molecule has 6 nitrogen and oxygen atoms in total. The number of nitrogens with zero attached hydrogens (tertiary/aromatic N) is 3. The van der Waals surface area contributed by atoms with Crippen LogP contribution < -0.4 is 5.32 Å². The van der Waals surface area contributed by atoms with Crippen LogP contribution in [0, 0.1) is 0 Å². The topological polar surface area (TPSA) is 59.4 Å². The van der Waals surface area contributed by atoms with Gasteiger partial charge in [0.1, 0.15) is 6.61 Å². The van der Waals surface area contributed by atoms with Crippen LogP contribution in [0.3, 0.4) is 0 Å². The average molecular weight is 252 g/mol. The zero-order valence-corrected chi connectivity index (χ0v) is 10.9. The highest BCUT2D eigenvalue weighted by atomic mass is 16.5. The van der Waals surface area contributed by atoms with Gasteiger partial charge in [-0.1, -0.05) is 0 Å². The molecule has 0 fully saturated rings. The first kappa shape index (κ1) is 13.0. The average Bonchev–Trinajstić information content (AvgIpc) is 2.71. The van der Waals surface area contributed by atoms with Crippen molar-refractivity contribution in [2.75, 3.05) is 27.3 Å². The van der Waals surface area contributed by atoms with Crippen LogP contribution in [0.5, 0.6) is 0 Å². The lowest BCUT2D eigenvalue weighted by Gasteiger charge is -2.25. The number of hydrogen-bond donors (Lipinski definition) is 1. The zero-order chi connectivity index (χ0) is 13.0. The summed E-state index contributed by atoms with van der Waals surface area (Å²) in [7, 11) is 3.60. The second kappa shape index (κ2) is 5.97. The molecule has 0 saturated heterocycles. The molecule has 0 aliphatic carbocycles. The van der Waals surface area contributed by atoms with Crippen molar-refractivity contribution in [3.05, 3.63) is 18.0 Å². The monoisotopic (exact) mass is 252 g/mol. The van der Waals surface area contributed by atoms with Crippen molar-refractivity contribution in [3.8, 4) is 0 Å². The molecular formula is C12H20N4O2. The lowest BCUT2D eigenvalue weighted by Crippen LogP contribution is -2.42. The van der Waals surface area contributed by atoms with E-state index in [0.717, 1.165) is 19.5 Å². The van der Waals surface area contributed by atoms with E-state index < -0.39 is 0 Å². The van der Waals surface area contributed by atoms with Gasteiger partial charge < -0.3 is 10.1 Å². The highest BCUT2D eigenvalue weighted by Crippen LogP contribution is 2.14. The summed E-state index contributed by atoms with van der Waals surface area (Å²) >= 11 is 0.